The second kappa shape index (κ2) is 8.41. The lowest BCUT2D eigenvalue weighted by molar-refractivity contribution is -0.137. The van der Waals surface area contributed by atoms with E-state index in [-0.39, 0.29) is 17.4 Å². The van der Waals surface area contributed by atoms with E-state index in [9.17, 15) is 23.1 Å². The number of nitrogens with zero attached hydrogens (tertiary/aromatic N) is 3. The van der Waals surface area contributed by atoms with Crippen LogP contribution in [0.3, 0.4) is 0 Å². The molecule has 0 spiro atoms. The third-order valence-corrected chi connectivity index (χ3v) is 6.63. The zero-order chi connectivity index (χ0) is 25.1. The van der Waals surface area contributed by atoms with Crippen LogP contribution in [0.4, 0.5) is 24.5 Å². The first kappa shape index (κ1) is 23.4. The zero-order valence-electron chi connectivity index (χ0n) is 19.8. The summed E-state index contributed by atoms with van der Waals surface area (Å²) in [6, 6.07) is 9.55. The number of β-amino-alcohol motifs (C(OH)–C–C–N with tert-alkyl or cyclic N) is 1. The Hall–Kier alpha value is -3.33. The van der Waals surface area contributed by atoms with Gasteiger partial charge in [-0.05, 0) is 63.9 Å². The normalized spacial score (nSPS) is 19.7. The van der Waals surface area contributed by atoms with Crippen LogP contribution in [-0.4, -0.2) is 40.1 Å². The first-order chi connectivity index (χ1) is 16.5. The van der Waals surface area contributed by atoms with E-state index < -0.39 is 23.4 Å². The number of hydrogen-bond acceptors (Lipinski definition) is 5. The smallest absolute Gasteiger partial charge is 0.391 e. The van der Waals surface area contributed by atoms with Crippen LogP contribution in [0.2, 0.25) is 0 Å². The van der Waals surface area contributed by atoms with E-state index in [1.807, 2.05) is 43.9 Å². The highest BCUT2D eigenvalue weighted by molar-refractivity contribution is 5.73. The molecule has 9 heteroatoms. The second-order valence-corrected chi connectivity index (χ2v) is 9.63. The van der Waals surface area contributed by atoms with Gasteiger partial charge in [0.2, 0.25) is 0 Å². The van der Waals surface area contributed by atoms with Crippen molar-refractivity contribution in [3.05, 3.63) is 69.0 Å². The topological polar surface area (TPSA) is 70.4 Å². The predicted octanol–water partition coefficient (Wildman–Crippen LogP) is 4.46. The van der Waals surface area contributed by atoms with Crippen LogP contribution in [0.5, 0.6) is 0 Å². The molecule has 2 atom stereocenters. The Labute approximate surface area is 201 Å². The van der Waals surface area contributed by atoms with E-state index in [0.29, 0.717) is 37.3 Å². The first-order valence-corrected chi connectivity index (χ1v) is 11.7. The van der Waals surface area contributed by atoms with Crippen molar-refractivity contribution in [2.24, 2.45) is 0 Å². The van der Waals surface area contributed by atoms with Crippen molar-refractivity contribution in [2.75, 3.05) is 23.3 Å². The SMILES string of the molecule is Cc1cc(C)cc(-c2nn(-c3cc(N4CC[C@H](O)C4)ccc3C(F)(F)F)c(=O)c3c2CC(C)N3)c1. The molecule has 2 aliphatic rings. The molecule has 0 radical (unpaired) electrons. The van der Waals surface area contributed by atoms with Crippen molar-refractivity contribution < 1.29 is 18.3 Å². The van der Waals surface area contributed by atoms with Crippen LogP contribution in [0, 0.1) is 13.8 Å². The van der Waals surface area contributed by atoms with Gasteiger partial charge in [-0.1, -0.05) is 17.2 Å². The zero-order valence-corrected chi connectivity index (χ0v) is 19.8. The average Bonchev–Trinajstić information content (AvgIpc) is 3.38. The minimum atomic E-state index is -4.68. The van der Waals surface area contributed by atoms with Crippen LogP contribution in [-0.2, 0) is 12.6 Å². The van der Waals surface area contributed by atoms with Gasteiger partial charge < -0.3 is 15.3 Å². The highest BCUT2D eigenvalue weighted by Gasteiger charge is 2.36. The molecule has 1 fully saturated rings. The molecule has 2 N–H and O–H groups in total. The van der Waals surface area contributed by atoms with E-state index >= 15 is 0 Å². The molecular weight excluding hydrogens is 457 g/mol. The summed E-state index contributed by atoms with van der Waals surface area (Å²) in [5.74, 6) is 0. The molecule has 6 nitrogen and oxygen atoms in total. The Morgan fingerprint density at radius 1 is 1.11 bits per heavy atom. The van der Waals surface area contributed by atoms with Gasteiger partial charge in [0.1, 0.15) is 5.69 Å². The summed E-state index contributed by atoms with van der Waals surface area (Å²) in [5.41, 5.74) is 2.90. The number of anilines is 2. The lowest BCUT2D eigenvalue weighted by atomic mass is 9.99. The fourth-order valence-corrected chi connectivity index (χ4v) is 5.13. The Morgan fingerprint density at radius 2 is 1.83 bits per heavy atom. The molecular formula is C26H27F3N4O2. The molecule has 1 unspecified atom stereocenters. The van der Waals surface area contributed by atoms with Crippen LogP contribution in [0.25, 0.3) is 16.9 Å². The Morgan fingerprint density at radius 3 is 2.46 bits per heavy atom. The number of aliphatic hydroxyl groups excluding tert-OH is 1. The van der Waals surface area contributed by atoms with Gasteiger partial charge in [-0.25, -0.2) is 0 Å². The Bertz CT molecular complexity index is 1350. The van der Waals surface area contributed by atoms with Crippen molar-refractivity contribution in [3.8, 4) is 16.9 Å². The molecule has 35 heavy (non-hydrogen) atoms. The van der Waals surface area contributed by atoms with Gasteiger partial charge in [-0.2, -0.15) is 23.0 Å². The maximum absolute atomic E-state index is 14.1. The van der Waals surface area contributed by atoms with E-state index in [4.69, 9.17) is 0 Å². The van der Waals surface area contributed by atoms with Crippen LogP contribution in [0.1, 0.15) is 35.6 Å². The number of benzene rings is 2. The van der Waals surface area contributed by atoms with Crippen molar-refractivity contribution in [1.82, 2.24) is 9.78 Å². The molecule has 5 rings (SSSR count). The summed E-state index contributed by atoms with van der Waals surface area (Å²) >= 11 is 0. The number of fused-ring (bicyclic) bond motifs is 1. The molecule has 1 saturated heterocycles. The van der Waals surface area contributed by atoms with Gasteiger partial charge in [0.15, 0.2) is 0 Å². The highest BCUT2D eigenvalue weighted by atomic mass is 19.4. The number of rotatable bonds is 3. The van der Waals surface area contributed by atoms with E-state index in [1.165, 1.54) is 12.1 Å². The van der Waals surface area contributed by atoms with E-state index in [1.54, 1.807) is 0 Å². The summed E-state index contributed by atoms with van der Waals surface area (Å²) in [6.07, 6.45) is -4.13. The lowest BCUT2D eigenvalue weighted by Gasteiger charge is -2.22. The molecule has 0 aliphatic carbocycles. The minimum Gasteiger partial charge on any atom is -0.391 e. The van der Waals surface area contributed by atoms with Gasteiger partial charge in [-0.3, -0.25) is 4.79 Å². The van der Waals surface area contributed by atoms with Crippen LogP contribution >= 0.6 is 0 Å². The van der Waals surface area contributed by atoms with Gasteiger partial charge in [-0.15, -0.1) is 0 Å². The lowest BCUT2D eigenvalue weighted by Crippen LogP contribution is -2.28. The largest absolute Gasteiger partial charge is 0.418 e. The van der Waals surface area contributed by atoms with Crippen molar-refractivity contribution >= 4 is 11.4 Å². The monoisotopic (exact) mass is 484 g/mol. The molecule has 1 aromatic heterocycles. The fourth-order valence-electron chi connectivity index (χ4n) is 5.13. The molecule has 0 bridgehead atoms. The number of halogens is 3. The summed E-state index contributed by atoms with van der Waals surface area (Å²) in [5, 5.41) is 17.6. The average molecular weight is 485 g/mol. The molecule has 0 amide bonds. The molecule has 3 heterocycles. The molecule has 3 aromatic rings. The van der Waals surface area contributed by atoms with Gasteiger partial charge in [0, 0.05) is 35.9 Å². The third-order valence-electron chi connectivity index (χ3n) is 6.63. The van der Waals surface area contributed by atoms with Crippen LogP contribution < -0.4 is 15.8 Å². The maximum atomic E-state index is 14.1. The number of hydrogen-bond donors (Lipinski definition) is 2. The number of aliphatic hydroxyl groups is 1. The fraction of sp³-hybridized carbons (Fsp3) is 0.385. The second-order valence-electron chi connectivity index (χ2n) is 9.63. The quantitative estimate of drug-likeness (QED) is 0.575. The number of nitrogens with one attached hydrogen (secondary N) is 1. The Balaban J connectivity index is 1.77. The van der Waals surface area contributed by atoms with E-state index in [0.717, 1.165) is 33.0 Å². The standard InChI is InChI=1S/C26H27F3N4O2/c1-14-8-15(2)10-17(9-14)23-20-11-16(3)30-24(20)25(35)33(31-23)22-12-18(32-7-6-19(34)13-32)4-5-21(22)26(27,28)29/h4-5,8-10,12,16,19,30,34H,6-7,11,13H2,1-3H3/t16?,19-/m0/s1. The molecule has 0 saturated carbocycles. The first-order valence-electron chi connectivity index (χ1n) is 11.7. The highest BCUT2D eigenvalue weighted by Crippen LogP contribution is 2.38. The summed E-state index contributed by atoms with van der Waals surface area (Å²) in [7, 11) is 0. The van der Waals surface area contributed by atoms with Gasteiger partial charge >= 0.3 is 6.18 Å². The van der Waals surface area contributed by atoms with Crippen molar-refractivity contribution in [2.45, 2.75) is 51.9 Å². The van der Waals surface area contributed by atoms with Gasteiger partial charge in [0.25, 0.3) is 5.56 Å². The summed E-state index contributed by atoms with van der Waals surface area (Å²) < 4.78 is 43.2. The summed E-state index contributed by atoms with van der Waals surface area (Å²) in [4.78, 5) is 15.3. The molecule has 2 aliphatic heterocycles. The predicted molar refractivity (Wildman–Crippen MR) is 129 cm³/mol. The Kier molecular flexibility index (Phi) is 5.62. The maximum Gasteiger partial charge on any atom is 0.418 e. The number of alkyl halides is 3. The van der Waals surface area contributed by atoms with Crippen molar-refractivity contribution in [3.63, 3.8) is 0 Å². The molecule has 184 valence electrons. The van der Waals surface area contributed by atoms with Crippen molar-refractivity contribution in [1.29, 1.82) is 0 Å². The molecule has 2 aromatic carbocycles. The number of aryl methyl sites for hydroxylation is 2. The van der Waals surface area contributed by atoms with Crippen LogP contribution in [0.15, 0.2) is 41.2 Å². The van der Waals surface area contributed by atoms with E-state index in [2.05, 4.69) is 10.4 Å². The summed E-state index contributed by atoms with van der Waals surface area (Å²) in [6.45, 7) is 6.66. The minimum absolute atomic E-state index is 0.0421. The van der Waals surface area contributed by atoms with Gasteiger partial charge in [0.05, 0.1) is 23.0 Å². The third kappa shape index (κ3) is 4.29. The number of aromatic nitrogens is 2.